The van der Waals surface area contributed by atoms with Crippen molar-refractivity contribution in [3.05, 3.63) is 6.33 Å². The Bertz CT molecular complexity index is 881. The molecule has 4 heterocycles. The summed E-state index contributed by atoms with van der Waals surface area (Å²) < 4.78 is 35.0. The molecule has 30 heavy (non-hydrogen) atoms. The highest BCUT2D eigenvalue weighted by Crippen LogP contribution is 2.30. The molecule has 0 radical (unpaired) electrons. The number of piperidine rings is 1. The smallest absolute Gasteiger partial charge is 0.311 e. The number of tetrazole rings is 1. The third-order valence-corrected chi connectivity index (χ3v) is 5.73. The van der Waals surface area contributed by atoms with E-state index in [2.05, 4.69) is 30.5 Å². The maximum atomic E-state index is 12.5. The monoisotopic (exact) mass is 446 g/mol. The number of hydroxylamine groups is 3. The summed E-state index contributed by atoms with van der Waals surface area (Å²) in [5.74, 6) is -0.188. The second-order valence-electron chi connectivity index (χ2n) is 7.48. The number of nitrogens with one attached hydrogen (secondary N) is 2. The first-order valence-corrected chi connectivity index (χ1v) is 10.8. The molecule has 2 bridgehead atoms. The maximum absolute atomic E-state index is 12.5. The van der Waals surface area contributed by atoms with E-state index in [0.717, 1.165) is 13.0 Å². The summed E-state index contributed by atoms with van der Waals surface area (Å²) in [5.41, 5.74) is 2.37. The molecule has 1 aromatic heterocycles. The van der Waals surface area contributed by atoms with Crippen LogP contribution in [0.3, 0.4) is 0 Å². The molecular weight excluding hydrogens is 424 g/mol. The van der Waals surface area contributed by atoms with Gasteiger partial charge in [0.25, 0.3) is 5.91 Å². The fourth-order valence-electron chi connectivity index (χ4n) is 4.06. The number of urea groups is 1. The van der Waals surface area contributed by atoms with Crippen LogP contribution in [0, 0.1) is 5.92 Å². The summed E-state index contributed by atoms with van der Waals surface area (Å²) in [4.78, 5) is 32.9. The molecule has 3 saturated heterocycles. The highest BCUT2D eigenvalue weighted by molar-refractivity contribution is 7.80. The van der Waals surface area contributed by atoms with Crippen molar-refractivity contribution in [1.82, 2.24) is 41.0 Å². The number of carbonyl (C=O) groups is 2. The number of carbonyl (C=O) groups excluding carboxylic acids is 2. The van der Waals surface area contributed by atoms with E-state index < -0.39 is 34.4 Å². The van der Waals surface area contributed by atoms with Crippen molar-refractivity contribution in [3.63, 3.8) is 0 Å². The van der Waals surface area contributed by atoms with E-state index >= 15 is 0 Å². The van der Waals surface area contributed by atoms with Crippen LogP contribution >= 0.6 is 0 Å². The SMILES string of the molecule is O=C(NOC[C@H]1C[C@@H](Cn2ncnn2)CN1)C1CCC2CN1C(=O)N2OS(=O)(=O)O. The van der Waals surface area contributed by atoms with E-state index in [9.17, 15) is 18.0 Å². The van der Waals surface area contributed by atoms with Gasteiger partial charge in [0.2, 0.25) is 0 Å². The van der Waals surface area contributed by atoms with E-state index in [1.165, 1.54) is 16.0 Å². The molecular formula is C14H22N8O7S. The Kier molecular flexibility index (Phi) is 5.83. The molecule has 1 aromatic rings. The number of rotatable bonds is 8. The largest absolute Gasteiger partial charge is 0.418 e. The molecule has 2 unspecified atom stereocenters. The quantitative estimate of drug-likeness (QED) is 0.288. The Balaban J connectivity index is 1.22. The van der Waals surface area contributed by atoms with E-state index in [4.69, 9.17) is 9.39 Å². The third kappa shape index (κ3) is 4.67. The lowest BCUT2D eigenvalue weighted by Crippen LogP contribution is -2.50. The molecule has 4 atom stereocenters. The fraction of sp³-hybridized carbons (Fsp3) is 0.786. The third-order valence-electron chi connectivity index (χ3n) is 5.38. The van der Waals surface area contributed by atoms with Gasteiger partial charge in [0.15, 0.2) is 6.33 Å². The maximum Gasteiger partial charge on any atom is 0.418 e. The van der Waals surface area contributed by atoms with Gasteiger partial charge in [-0.2, -0.15) is 18.3 Å². The van der Waals surface area contributed by atoms with Gasteiger partial charge in [-0.1, -0.05) is 0 Å². The van der Waals surface area contributed by atoms with Gasteiger partial charge in [-0.3, -0.25) is 14.2 Å². The summed E-state index contributed by atoms with van der Waals surface area (Å²) in [6.07, 6.45) is 2.85. The molecule has 3 N–H and O–H groups in total. The van der Waals surface area contributed by atoms with E-state index in [-0.39, 0.29) is 19.2 Å². The van der Waals surface area contributed by atoms with Crippen molar-refractivity contribution >= 4 is 22.3 Å². The van der Waals surface area contributed by atoms with Crippen molar-refractivity contribution < 1.29 is 31.7 Å². The molecule has 0 aliphatic carbocycles. The Hall–Kier alpha value is -2.40. The molecule has 15 nitrogen and oxygen atoms in total. The van der Waals surface area contributed by atoms with Crippen molar-refractivity contribution in [3.8, 4) is 0 Å². The van der Waals surface area contributed by atoms with Crippen LogP contribution in [0.15, 0.2) is 6.33 Å². The molecule has 0 spiro atoms. The van der Waals surface area contributed by atoms with Crippen molar-refractivity contribution in [2.75, 3.05) is 19.7 Å². The minimum absolute atomic E-state index is 0.0432. The lowest BCUT2D eigenvalue weighted by molar-refractivity contribution is -0.139. The minimum Gasteiger partial charge on any atom is -0.311 e. The predicted molar refractivity (Wildman–Crippen MR) is 95.2 cm³/mol. The normalized spacial score (nSPS) is 28.9. The van der Waals surface area contributed by atoms with Crippen LogP contribution in [0.2, 0.25) is 0 Å². The van der Waals surface area contributed by atoms with Crippen LogP contribution in [0.25, 0.3) is 0 Å². The summed E-state index contributed by atoms with van der Waals surface area (Å²) in [6, 6.07) is -2.12. The van der Waals surface area contributed by atoms with E-state index in [1.54, 1.807) is 0 Å². The second-order valence-corrected chi connectivity index (χ2v) is 8.49. The van der Waals surface area contributed by atoms with Crippen LogP contribution in [0.5, 0.6) is 0 Å². The van der Waals surface area contributed by atoms with Crippen molar-refractivity contribution in [2.24, 2.45) is 5.92 Å². The zero-order valence-corrected chi connectivity index (χ0v) is 16.6. The lowest BCUT2D eigenvalue weighted by Gasteiger charge is -2.29. The van der Waals surface area contributed by atoms with Crippen LogP contribution < -0.4 is 10.8 Å². The molecule has 166 valence electrons. The summed E-state index contributed by atoms with van der Waals surface area (Å²) in [7, 11) is -4.83. The Morgan fingerprint density at radius 1 is 1.40 bits per heavy atom. The molecule has 0 saturated carbocycles. The van der Waals surface area contributed by atoms with E-state index in [1.807, 2.05) is 0 Å². The molecule has 16 heteroatoms. The van der Waals surface area contributed by atoms with E-state index in [0.29, 0.717) is 30.4 Å². The number of hydrogen-bond acceptors (Lipinski definition) is 10. The highest BCUT2D eigenvalue weighted by Gasteiger charge is 2.49. The van der Waals surface area contributed by atoms with Crippen molar-refractivity contribution in [1.29, 1.82) is 0 Å². The van der Waals surface area contributed by atoms with Gasteiger partial charge in [-0.25, -0.2) is 10.3 Å². The van der Waals surface area contributed by atoms with Gasteiger partial charge in [-0.15, -0.1) is 14.5 Å². The molecule has 3 aliphatic heterocycles. The number of amides is 3. The number of fused-ring (bicyclic) bond motifs is 2. The minimum atomic E-state index is -4.83. The number of hydrogen-bond donors (Lipinski definition) is 3. The lowest BCUT2D eigenvalue weighted by atomic mass is 10.0. The van der Waals surface area contributed by atoms with Gasteiger partial charge in [0.05, 0.1) is 19.2 Å². The van der Waals surface area contributed by atoms with Gasteiger partial charge in [0.1, 0.15) is 6.04 Å². The Morgan fingerprint density at radius 2 is 2.23 bits per heavy atom. The average Bonchev–Trinajstić information content (AvgIpc) is 3.40. The number of aromatic nitrogens is 4. The van der Waals surface area contributed by atoms with Crippen LogP contribution in [0.1, 0.15) is 19.3 Å². The van der Waals surface area contributed by atoms with Crippen molar-refractivity contribution in [2.45, 2.75) is 43.9 Å². The first-order chi connectivity index (χ1) is 14.3. The fourth-order valence-corrected chi connectivity index (χ4v) is 4.45. The Morgan fingerprint density at radius 3 is 2.97 bits per heavy atom. The summed E-state index contributed by atoms with van der Waals surface area (Å²) >= 11 is 0. The first kappa shape index (κ1) is 20.9. The summed E-state index contributed by atoms with van der Waals surface area (Å²) in [5, 5.41) is 15.4. The second kappa shape index (κ2) is 8.38. The molecule has 3 fully saturated rings. The van der Waals surface area contributed by atoms with Crippen LogP contribution in [0.4, 0.5) is 4.79 Å². The summed E-state index contributed by atoms with van der Waals surface area (Å²) in [6.45, 7) is 1.76. The molecule has 3 aliphatic rings. The van der Waals surface area contributed by atoms with Crippen LogP contribution in [-0.4, -0.2) is 92.9 Å². The zero-order chi connectivity index (χ0) is 21.3. The molecule has 4 rings (SSSR count). The Labute approximate surface area is 171 Å². The molecule has 3 amide bonds. The standard InChI is InChI=1S/C14H22N8O7S/c23-13(12-2-1-11-6-20(12)14(24)22(11)29-30(25,26)27)18-28-7-10-3-9(4-15-10)5-21-17-8-16-19-21/h8-12,15H,1-7H2,(H,18,23)(H,25,26,27)/t9-,10-,11?,12?/m1/s1. The zero-order valence-electron chi connectivity index (χ0n) is 15.8. The van der Waals surface area contributed by atoms with Gasteiger partial charge >= 0.3 is 16.4 Å². The predicted octanol–water partition coefficient (Wildman–Crippen LogP) is -2.30. The highest BCUT2D eigenvalue weighted by atomic mass is 32.3. The van der Waals surface area contributed by atoms with Gasteiger partial charge in [-0.05, 0) is 30.4 Å². The van der Waals surface area contributed by atoms with Crippen LogP contribution in [-0.2, 0) is 30.9 Å². The first-order valence-electron chi connectivity index (χ1n) is 9.43. The number of nitrogens with zero attached hydrogens (tertiary/aromatic N) is 6. The topological polar surface area (TPSA) is 181 Å². The average molecular weight is 446 g/mol. The van der Waals surface area contributed by atoms with Gasteiger partial charge in [0, 0.05) is 19.1 Å². The van der Waals surface area contributed by atoms with Gasteiger partial charge < -0.3 is 10.2 Å². The molecule has 0 aromatic carbocycles.